The summed E-state index contributed by atoms with van der Waals surface area (Å²) in [5.41, 5.74) is 0.900. The third kappa shape index (κ3) is 3.15. The van der Waals surface area contributed by atoms with Gasteiger partial charge in [0.2, 0.25) is 5.91 Å². The van der Waals surface area contributed by atoms with Crippen molar-refractivity contribution >= 4 is 27.8 Å². The number of aliphatic carboxylic acids is 1. The van der Waals surface area contributed by atoms with Gasteiger partial charge in [0.05, 0.1) is 6.42 Å². The topological polar surface area (TPSA) is 57.6 Å². The maximum absolute atomic E-state index is 12.2. The van der Waals surface area contributed by atoms with Gasteiger partial charge in [0.15, 0.2) is 0 Å². The summed E-state index contributed by atoms with van der Waals surface area (Å²) in [4.78, 5) is 24.9. The lowest BCUT2D eigenvalue weighted by molar-refractivity contribution is -0.149. The first-order valence-electron chi connectivity index (χ1n) is 6.25. The minimum absolute atomic E-state index is 0.0198. The summed E-state index contributed by atoms with van der Waals surface area (Å²) in [5, 5.41) is 9.21. The fraction of sp³-hybridized carbons (Fsp3) is 0.429. The van der Waals surface area contributed by atoms with Crippen LogP contribution in [0.15, 0.2) is 28.7 Å². The summed E-state index contributed by atoms with van der Waals surface area (Å²) in [7, 11) is 0. The van der Waals surface area contributed by atoms with Crippen LogP contribution in [0, 0.1) is 5.92 Å². The SMILES string of the molecule is CC1CCN(C(=O)Cc2ccc(Br)cc2)C1C(=O)O. The first-order chi connectivity index (χ1) is 8.99. The summed E-state index contributed by atoms with van der Waals surface area (Å²) in [6, 6.07) is 6.82. The van der Waals surface area contributed by atoms with Crippen molar-refractivity contribution in [3.05, 3.63) is 34.3 Å². The summed E-state index contributed by atoms with van der Waals surface area (Å²) < 4.78 is 0.960. The molecule has 1 heterocycles. The Morgan fingerprint density at radius 2 is 2.00 bits per heavy atom. The highest BCUT2D eigenvalue weighted by atomic mass is 79.9. The van der Waals surface area contributed by atoms with Gasteiger partial charge in [-0.1, -0.05) is 35.0 Å². The second kappa shape index (κ2) is 5.74. The molecule has 2 rings (SSSR count). The highest BCUT2D eigenvalue weighted by Crippen LogP contribution is 2.25. The molecule has 4 nitrogen and oxygen atoms in total. The van der Waals surface area contributed by atoms with Gasteiger partial charge in [-0.2, -0.15) is 0 Å². The van der Waals surface area contributed by atoms with E-state index in [1.807, 2.05) is 31.2 Å². The molecule has 1 aliphatic heterocycles. The maximum atomic E-state index is 12.2. The minimum Gasteiger partial charge on any atom is -0.480 e. The van der Waals surface area contributed by atoms with Gasteiger partial charge in [-0.15, -0.1) is 0 Å². The van der Waals surface area contributed by atoms with E-state index in [2.05, 4.69) is 15.9 Å². The van der Waals surface area contributed by atoms with Gasteiger partial charge in [-0.25, -0.2) is 4.79 Å². The van der Waals surface area contributed by atoms with Gasteiger partial charge >= 0.3 is 5.97 Å². The van der Waals surface area contributed by atoms with Crippen LogP contribution in [0.4, 0.5) is 0 Å². The van der Waals surface area contributed by atoms with Gasteiger partial charge < -0.3 is 10.0 Å². The summed E-state index contributed by atoms with van der Waals surface area (Å²) >= 11 is 3.34. The van der Waals surface area contributed by atoms with Crippen LogP contribution in [-0.2, 0) is 16.0 Å². The number of amides is 1. The standard InChI is InChI=1S/C14H16BrNO3/c1-9-6-7-16(13(9)14(18)19)12(17)8-10-2-4-11(15)5-3-10/h2-5,9,13H,6-8H2,1H3,(H,18,19). The zero-order chi connectivity index (χ0) is 14.0. The van der Waals surface area contributed by atoms with Crippen LogP contribution < -0.4 is 0 Å². The molecule has 1 fully saturated rings. The number of rotatable bonds is 3. The van der Waals surface area contributed by atoms with E-state index < -0.39 is 12.0 Å². The Balaban J connectivity index is 2.07. The van der Waals surface area contributed by atoms with Crippen molar-refractivity contribution < 1.29 is 14.7 Å². The van der Waals surface area contributed by atoms with Gasteiger partial charge in [0.1, 0.15) is 6.04 Å². The number of carbonyl (C=O) groups excluding carboxylic acids is 1. The van der Waals surface area contributed by atoms with E-state index in [1.54, 1.807) is 0 Å². The number of carboxylic acid groups (broad SMARTS) is 1. The zero-order valence-corrected chi connectivity index (χ0v) is 12.3. The third-order valence-electron chi connectivity index (χ3n) is 3.54. The lowest BCUT2D eigenvalue weighted by Gasteiger charge is -2.23. The number of likely N-dealkylation sites (tertiary alicyclic amines) is 1. The zero-order valence-electron chi connectivity index (χ0n) is 10.7. The monoisotopic (exact) mass is 325 g/mol. The van der Waals surface area contributed by atoms with E-state index in [-0.39, 0.29) is 18.2 Å². The van der Waals surface area contributed by atoms with Crippen molar-refractivity contribution in [3.8, 4) is 0 Å². The lowest BCUT2D eigenvalue weighted by Crippen LogP contribution is -2.43. The molecular formula is C14H16BrNO3. The van der Waals surface area contributed by atoms with Crippen molar-refractivity contribution in [2.24, 2.45) is 5.92 Å². The van der Waals surface area contributed by atoms with Crippen LogP contribution in [0.25, 0.3) is 0 Å². The maximum Gasteiger partial charge on any atom is 0.326 e. The number of carbonyl (C=O) groups is 2. The Labute approximate surface area is 120 Å². The molecule has 102 valence electrons. The first kappa shape index (κ1) is 14.1. The summed E-state index contributed by atoms with van der Waals surface area (Å²) in [6.07, 6.45) is 1.01. The highest BCUT2D eigenvalue weighted by Gasteiger charge is 2.39. The Morgan fingerprint density at radius 3 is 2.58 bits per heavy atom. The number of carboxylic acids is 1. The predicted molar refractivity (Wildman–Crippen MR) is 74.8 cm³/mol. The molecule has 19 heavy (non-hydrogen) atoms. The van der Waals surface area contributed by atoms with E-state index in [1.165, 1.54) is 4.90 Å². The van der Waals surface area contributed by atoms with Gasteiger partial charge in [0.25, 0.3) is 0 Å². The second-order valence-electron chi connectivity index (χ2n) is 4.94. The summed E-state index contributed by atoms with van der Waals surface area (Å²) in [5.74, 6) is -1.00. The molecule has 0 radical (unpaired) electrons. The quantitative estimate of drug-likeness (QED) is 0.927. The molecule has 0 bridgehead atoms. The molecule has 0 aliphatic carbocycles. The van der Waals surface area contributed by atoms with Crippen LogP contribution in [0.3, 0.4) is 0 Å². The Hall–Kier alpha value is -1.36. The fourth-order valence-corrected chi connectivity index (χ4v) is 2.75. The van der Waals surface area contributed by atoms with Crippen LogP contribution >= 0.6 is 15.9 Å². The number of benzene rings is 1. The molecule has 1 aliphatic rings. The van der Waals surface area contributed by atoms with Gasteiger partial charge in [-0.3, -0.25) is 4.79 Å². The van der Waals surface area contributed by atoms with Crippen molar-refractivity contribution in [1.82, 2.24) is 4.90 Å². The normalized spacial score (nSPS) is 22.5. The van der Waals surface area contributed by atoms with E-state index in [0.717, 1.165) is 16.5 Å². The molecule has 1 amide bonds. The van der Waals surface area contributed by atoms with Gasteiger partial charge in [-0.05, 0) is 30.0 Å². The Kier molecular flexibility index (Phi) is 4.24. The number of nitrogens with zero attached hydrogens (tertiary/aromatic N) is 1. The molecule has 1 N–H and O–H groups in total. The number of hydrogen-bond acceptors (Lipinski definition) is 2. The lowest BCUT2D eigenvalue weighted by atomic mass is 10.0. The molecule has 1 aromatic carbocycles. The molecule has 2 atom stereocenters. The van der Waals surface area contributed by atoms with Crippen molar-refractivity contribution in [1.29, 1.82) is 0 Å². The molecule has 1 aromatic rings. The molecule has 2 unspecified atom stereocenters. The third-order valence-corrected chi connectivity index (χ3v) is 4.07. The average Bonchev–Trinajstić information content (AvgIpc) is 2.74. The molecule has 5 heteroatoms. The van der Waals surface area contributed by atoms with Gasteiger partial charge in [0, 0.05) is 11.0 Å². The van der Waals surface area contributed by atoms with E-state index in [0.29, 0.717) is 6.54 Å². The molecule has 0 saturated carbocycles. The average molecular weight is 326 g/mol. The van der Waals surface area contributed by atoms with Crippen LogP contribution in [0.2, 0.25) is 0 Å². The van der Waals surface area contributed by atoms with Crippen LogP contribution in [0.1, 0.15) is 18.9 Å². The van der Waals surface area contributed by atoms with Crippen molar-refractivity contribution in [2.75, 3.05) is 6.54 Å². The van der Waals surface area contributed by atoms with E-state index >= 15 is 0 Å². The molecular weight excluding hydrogens is 310 g/mol. The van der Waals surface area contributed by atoms with E-state index in [4.69, 9.17) is 0 Å². The predicted octanol–water partition coefficient (Wildman–Crippen LogP) is 2.31. The minimum atomic E-state index is -0.908. The largest absolute Gasteiger partial charge is 0.480 e. The Bertz CT molecular complexity index is 486. The van der Waals surface area contributed by atoms with Crippen LogP contribution in [-0.4, -0.2) is 34.5 Å². The molecule has 0 spiro atoms. The van der Waals surface area contributed by atoms with Crippen molar-refractivity contribution in [2.45, 2.75) is 25.8 Å². The summed E-state index contributed by atoms with van der Waals surface area (Å²) in [6.45, 7) is 2.42. The van der Waals surface area contributed by atoms with E-state index in [9.17, 15) is 14.7 Å². The number of halogens is 1. The second-order valence-corrected chi connectivity index (χ2v) is 5.86. The number of hydrogen-bond donors (Lipinski definition) is 1. The first-order valence-corrected chi connectivity index (χ1v) is 7.05. The molecule has 0 aromatic heterocycles. The molecule has 1 saturated heterocycles. The van der Waals surface area contributed by atoms with Crippen LogP contribution in [0.5, 0.6) is 0 Å². The smallest absolute Gasteiger partial charge is 0.326 e. The highest BCUT2D eigenvalue weighted by molar-refractivity contribution is 9.10. The van der Waals surface area contributed by atoms with Crippen molar-refractivity contribution in [3.63, 3.8) is 0 Å². The Morgan fingerprint density at radius 1 is 1.37 bits per heavy atom. The fourth-order valence-electron chi connectivity index (χ4n) is 2.48.